The van der Waals surface area contributed by atoms with Gasteiger partial charge in [0.05, 0.1) is 20.9 Å². The molecule has 0 saturated heterocycles. The molecule has 0 atom stereocenters. The van der Waals surface area contributed by atoms with E-state index in [0.717, 1.165) is 27.6 Å². The number of nitrogens with one attached hydrogen (secondary N) is 2. The van der Waals surface area contributed by atoms with Crippen LogP contribution in [0.4, 0.5) is 10.8 Å². The third-order valence-corrected chi connectivity index (χ3v) is 6.87. The summed E-state index contributed by atoms with van der Waals surface area (Å²) in [7, 11) is 0. The summed E-state index contributed by atoms with van der Waals surface area (Å²) in [5.41, 5.74) is 7.67. The van der Waals surface area contributed by atoms with Crippen molar-refractivity contribution in [2.75, 3.05) is 11.9 Å². The van der Waals surface area contributed by atoms with Crippen molar-refractivity contribution in [1.82, 2.24) is 10.4 Å². The molecule has 180 valence electrons. The molecule has 0 fully saturated rings. The molecule has 1 aromatic heterocycles. The number of hydrazone groups is 1. The van der Waals surface area contributed by atoms with Crippen molar-refractivity contribution in [3.8, 4) is 23.1 Å². The van der Waals surface area contributed by atoms with E-state index in [1.54, 1.807) is 24.3 Å². The molecule has 10 heteroatoms. The first kappa shape index (κ1) is 25.6. The molecule has 0 spiro atoms. The molecule has 4 rings (SSSR count). The predicted octanol–water partition coefficient (Wildman–Crippen LogP) is 7.05. The zero-order valence-electron chi connectivity index (χ0n) is 19.0. The van der Waals surface area contributed by atoms with Crippen LogP contribution < -0.4 is 15.5 Å². The van der Waals surface area contributed by atoms with Gasteiger partial charge in [0, 0.05) is 22.2 Å². The fraction of sp³-hybridized carbons (Fsp3) is 0.0769. The Morgan fingerprint density at radius 3 is 2.50 bits per heavy atom. The topological polar surface area (TPSA) is 99.4 Å². The molecule has 3 aromatic carbocycles. The molecule has 7 nitrogen and oxygen atoms in total. The van der Waals surface area contributed by atoms with E-state index in [9.17, 15) is 4.79 Å². The average molecular weight is 625 g/mol. The summed E-state index contributed by atoms with van der Waals surface area (Å²) in [6.45, 7) is 1.99. The molecular weight excluding hydrogens is 606 g/mol. The van der Waals surface area contributed by atoms with Gasteiger partial charge in [0.1, 0.15) is 11.8 Å². The van der Waals surface area contributed by atoms with Crippen LogP contribution in [-0.2, 0) is 0 Å². The Morgan fingerprint density at radius 1 is 1.14 bits per heavy atom. The van der Waals surface area contributed by atoms with Crippen LogP contribution in [0.3, 0.4) is 0 Å². The van der Waals surface area contributed by atoms with E-state index >= 15 is 0 Å². The minimum Gasteiger partial charge on any atom is -0.476 e. The largest absolute Gasteiger partial charge is 0.476 e. The monoisotopic (exact) mass is 623 g/mol. The number of ether oxygens (including phenoxy) is 1. The molecule has 4 aromatic rings. The zero-order valence-corrected chi connectivity index (χ0v) is 22.9. The lowest BCUT2D eigenvalue weighted by Gasteiger charge is -2.08. The Hall–Kier alpha value is -3.52. The molecule has 0 aliphatic rings. The number of thiazole rings is 1. The zero-order chi connectivity index (χ0) is 25.5. The molecule has 2 N–H and O–H groups in total. The summed E-state index contributed by atoms with van der Waals surface area (Å²) in [5.74, 6) is 0.195. The molecular formula is C26H19Br2N5O2S. The normalized spacial score (nSPS) is 10.7. The maximum Gasteiger partial charge on any atom is 0.271 e. The number of anilines is 2. The molecule has 0 aliphatic carbocycles. The number of nitriles is 1. The number of benzene rings is 3. The molecule has 0 unspecified atom stereocenters. The van der Waals surface area contributed by atoms with Crippen LogP contribution in [0.1, 0.15) is 21.5 Å². The quantitative estimate of drug-likeness (QED) is 0.162. The van der Waals surface area contributed by atoms with E-state index in [4.69, 9.17) is 10.00 Å². The fourth-order valence-electron chi connectivity index (χ4n) is 3.14. The molecule has 1 heterocycles. The summed E-state index contributed by atoms with van der Waals surface area (Å²) in [4.78, 5) is 17.1. The highest BCUT2D eigenvalue weighted by Gasteiger charge is 2.10. The first-order valence-corrected chi connectivity index (χ1v) is 13.1. The first-order chi connectivity index (χ1) is 17.4. The van der Waals surface area contributed by atoms with Gasteiger partial charge in [-0.15, -0.1) is 11.3 Å². The number of halogens is 2. The predicted molar refractivity (Wildman–Crippen MR) is 150 cm³/mol. The molecule has 1 amide bonds. The van der Waals surface area contributed by atoms with E-state index in [2.05, 4.69) is 52.7 Å². The summed E-state index contributed by atoms with van der Waals surface area (Å²) in [6.07, 6.45) is 1.52. The van der Waals surface area contributed by atoms with Gasteiger partial charge in [0.15, 0.2) is 11.7 Å². The van der Waals surface area contributed by atoms with E-state index in [0.29, 0.717) is 20.3 Å². The second kappa shape index (κ2) is 11.9. The lowest BCUT2D eigenvalue weighted by Crippen LogP contribution is -2.17. The standard InChI is InChI=1S/C26H19Br2N5O2S/c1-16-2-8-20(9-3-16)31-26-32-23(15-36-26)18-4-6-19(7-5-18)25(34)33-30-14-17-12-21(27)24(22(28)13-17)35-11-10-29/h2-9,12-15H,11H2,1H3,(H,31,32)(H,33,34)/b30-14-. The second-order valence-corrected chi connectivity index (χ2v) is 10.1. The third-order valence-electron chi connectivity index (χ3n) is 4.93. The Morgan fingerprint density at radius 2 is 1.83 bits per heavy atom. The molecule has 0 bridgehead atoms. The van der Waals surface area contributed by atoms with Crippen LogP contribution in [0.15, 0.2) is 80.1 Å². The van der Waals surface area contributed by atoms with Crippen LogP contribution in [0.5, 0.6) is 5.75 Å². The maximum absolute atomic E-state index is 12.5. The van der Waals surface area contributed by atoms with Crippen LogP contribution in [0.25, 0.3) is 11.3 Å². The lowest BCUT2D eigenvalue weighted by atomic mass is 10.1. The smallest absolute Gasteiger partial charge is 0.271 e. The summed E-state index contributed by atoms with van der Waals surface area (Å²) >= 11 is 8.34. The van der Waals surface area contributed by atoms with E-state index in [-0.39, 0.29) is 12.5 Å². The van der Waals surface area contributed by atoms with Gasteiger partial charge in [-0.1, -0.05) is 29.8 Å². The van der Waals surface area contributed by atoms with Crippen molar-refractivity contribution in [3.05, 3.63) is 91.7 Å². The van der Waals surface area contributed by atoms with E-state index in [1.807, 2.05) is 54.8 Å². The van der Waals surface area contributed by atoms with Gasteiger partial charge in [-0.25, -0.2) is 10.4 Å². The Labute approximate surface area is 229 Å². The number of hydrogen-bond acceptors (Lipinski definition) is 7. The van der Waals surface area contributed by atoms with Crippen molar-refractivity contribution in [2.45, 2.75) is 6.92 Å². The Kier molecular flexibility index (Phi) is 8.48. The third kappa shape index (κ3) is 6.57. The molecule has 0 aliphatic heterocycles. The van der Waals surface area contributed by atoms with Crippen LogP contribution in [0.2, 0.25) is 0 Å². The van der Waals surface area contributed by atoms with Gasteiger partial charge >= 0.3 is 0 Å². The number of amides is 1. The fourth-order valence-corrected chi connectivity index (χ4v) is 5.33. The highest BCUT2D eigenvalue weighted by atomic mass is 79.9. The van der Waals surface area contributed by atoms with Crippen LogP contribution in [0, 0.1) is 18.3 Å². The minimum absolute atomic E-state index is 0.0621. The number of hydrogen-bond donors (Lipinski definition) is 2. The van der Waals surface area contributed by atoms with Crippen LogP contribution in [-0.4, -0.2) is 23.7 Å². The maximum atomic E-state index is 12.5. The Balaban J connectivity index is 1.36. The molecule has 36 heavy (non-hydrogen) atoms. The number of aryl methyl sites for hydroxylation is 1. The van der Waals surface area contributed by atoms with Gasteiger partial charge in [-0.05, 0) is 80.7 Å². The number of aromatic nitrogens is 1. The highest BCUT2D eigenvalue weighted by molar-refractivity contribution is 9.11. The summed E-state index contributed by atoms with van der Waals surface area (Å²) in [6, 6.07) is 20.8. The lowest BCUT2D eigenvalue weighted by molar-refractivity contribution is 0.0955. The second-order valence-electron chi connectivity index (χ2n) is 7.57. The van der Waals surface area contributed by atoms with Crippen LogP contribution >= 0.6 is 43.2 Å². The van der Waals surface area contributed by atoms with Gasteiger partial charge in [-0.3, -0.25) is 4.79 Å². The van der Waals surface area contributed by atoms with Gasteiger partial charge in [-0.2, -0.15) is 10.4 Å². The van der Waals surface area contributed by atoms with Gasteiger partial charge in [0.2, 0.25) is 0 Å². The van der Waals surface area contributed by atoms with Crippen molar-refractivity contribution in [1.29, 1.82) is 5.26 Å². The van der Waals surface area contributed by atoms with Crippen molar-refractivity contribution >= 4 is 66.1 Å². The number of carbonyl (C=O) groups is 1. The van der Waals surface area contributed by atoms with E-state index in [1.165, 1.54) is 23.1 Å². The molecule has 0 saturated carbocycles. The van der Waals surface area contributed by atoms with Crippen molar-refractivity contribution in [3.63, 3.8) is 0 Å². The van der Waals surface area contributed by atoms with Crippen molar-refractivity contribution < 1.29 is 9.53 Å². The summed E-state index contributed by atoms with van der Waals surface area (Å²) in [5, 5.41) is 18.8. The number of nitrogens with zero attached hydrogens (tertiary/aromatic N) is 3. The number of carbonyl (C=O) groups excluding carboxylic acids is 1. The van der Waals surface area contributed by atoms with Crippen molar-refractivity contribution in [2.24, 2.45) is 5.10 Å². The minimum atomic E-state index is -0.329. The van der Waals surface area contributed by atoms with Gasteiger partial charge < -0.3 is 10.1 Å². The summed E-state index contributed by atoms with van der Waals surface area (Å²) < 4.78 is 6.69. The number of rotatable bonds is 8. The molecule has 0 radical (unpaired) electrons. The Bertz CT molecular complexity index is 1420. The first-order valence-electron chi connectivity index (χ1n) is 10.6. The van der Waals surface area contributed by atoms with Gasteiger partial charge in [0.25, 0.3) is 5.91 Å². The SMILES string of the molecule is Cc1ccc(Nc2nc(-c3ccc(C(=O)N/N=C\c4cc(Br)c(OCC#N)c(Br)c4)cc3)cs2)cc1. The highest BCUT2D eigenvalue weighted by Crippen LogP contribution is 2.34. The van der Waals surface area contributed by atoms with E-state index < -0.39 is 0 Å². The average Bonchev–Trinajstić information content (AvgIpc) is 3.33.